The molecular weight excluding hydrogens is 574 g/mol. The minimum Gasteiger partial charge on any atom is -0.352 e. The Kier molecular flexibility index (Phi) is 5.51. The Balaban J connectivity index is 1.54. The van der Waals surface area contributed by atoms with Gasteiger partial charge in [0.1, 0.15) is 11.5 Å². The summed E-state index contributed by atoms with van der Waals surface area (Å²) < 4.78 is 0.870. The van der Waals surface area contributed by atoms with E-state index in [4.69, 9.17) is 11.6 Å². The highest BCUT2D eigenvalue weighted by Gasteiger charge is 2.71. The first-order valence-electron chi connectivity index (χ1n) is 12.7. The standard InChI is InChI=1S/C33H21BrClNO3/c34-22-14-9-20(10-15-22)28-29(30(37)21-11-16-23(35)17-12-21)36-26-8-4-1-5-19(26)13-18-27(36)33(28)31(38)24-6-2-3-7-25(24)32(33)39/h1-18,27-29H/t27?,28-,29+/m0/s1. The fraction of sp³-hybridized carbons (Fsp3) is 0.121. The maximum absolute atomic E-state index is 14.6. The van der Waals surface area contributed by atoms with Crippen molar-refractivity contribution < 1.29 is 14.4 Å². The van der Waals surface area contributed by atoms with Gasteiger partial charge in [-0.25, -0.2) is 0 Å². The topological polar surface area (TPSA) is 54.5 Å². The van der Waals surface area contributed by atoms with E-state index in [0.29, 0.717) is 21.7 Å². The molecule has 3 aliphatic rings. The molecule has 1 fully saturated rings. The van der Waals surface area contributed by atoms with Gasteiger partial charge in [0.05, 0.1) is 6.04 Å². The number of rotatable bonds is 3. The highest BCUT2D eigenvalue weighted by Crippen LogP contribution is 2.61. The van der Waals surface area contributed by atoms with Crippen molar-refractivity contribution in [1.29, 1.82) is 0 Å². The maximum atomic E-state index is 14.6. The molecule has 3 atom stereocenters. The average Bonchev–Trinajstić information content (AvgIpc) is 3.40. The third-order valence-electron chi connectivity index (χ3n) is 8.34. The molecule has 190 valence electrons. The number of Topliss-reactive ketones (excluding diaryl/α,β-unsaturated/α-hetero) is 3. The average molecular weight is 595 g/mol. The molecule has 1 aliphatic carbocycles. The quantitative estimate of drug-likeness (QED) is 0.183. The summed E-state index contributed by atoms with van der Waals surface area (Å²) in [5.74, 6) is -1.37. The van der Waals surface area contributed by atoms with Crippen molar-refractivity contribution in [2.75, 3.05) is 4.90 Å². The number of hydrogen-bond donors (Lipinski definition) is 0. The minimum absolute atomic E-state index is 0.164. The lowest BCUT2D eigenvalue weighted by molar-refractivity contribution is 0.0666. The fourth-order valence-corrected chi connectivity index (χ4v) is 7.14. The van der Waals surface area contributed by atoms with Crippen molar-refractivity contribution in [2.45, 2.75) is 18.0 Å². The van der Waals surface area contributed by atoms with Gasteiger partial charge in [0, 0.05) is 37.8 Å². The molecule has 4 aromatic rings. The second-order valence-electron chi connectivity index (χ2n) is 10.2. The van der Waals surface area contributed by atoms with Crippen LogP contribution < -0.4 is 4.90 Å². The van der Waals surface area contributed by atoms with Crippen LogP contribution in [-0.2, 0) is 0 Å². The van der Waals surface area contributed by atoms with Gasteiger partial charge in [0.2, 0.25) is 0 Å². The van der Waals surface area contributed by atoms with Crippen molar-refractivity contribution in [3.05, 3.63) is 140 Å². The van der Waals surface area contributed by atoms with Crippen molar-refractivity contribution in [1.82, 2.24) is 0 Å². The van der Waals surface area contributed by atoms with E-state index in [1.54, 1.807) is 48.5 Å². The number of fused-ring (bicyclic) bond motifs is 5. The van der Waals surface area contributed by atoms with Gasteiger partial charge in [-0.15, -0.1) is 0 Å². The first-order chi connectivity index (χ1) is 18.9. The molecular formula is C33H21BrClNO3. The Bertz CT molecular complexity index is 1670. The van der Waals surface area contributed by atoms with Crippen LogP contribution in [0.4, 0.5) is 5.69 Å². The highest BCUT2D eigenvalue weighted by atomic mass is 79.9. The van der Waals surface area contributed by atoms with Crippen molar-refractivity contribution >= 4 is 56.6 Å². The van der Waals surface area contributed by atoms with Crippen molar-refractivity contribution in [3.8, 4) is 0 Å². The lowest BCUT2D eigenvalue weighted by Crippen LogP contribution is -2.48. The van der Waals surface area contributed by atoms with Gasteiger partial charge in [-0.2, -0.15) is 0 Å². The summed E-state index contributed by atoms with van der Waals surface area (Å²) in [5.41, 5.74) is 2.32. The van der Waals surface area contributed by atoms with E-state index in [0.717, 1.165) is 21.3 Å². The zero-order chi connectivity index (χ0) is 26.9. The molecule has 0 aromatic heterocycles. The zero-order valence-electron chi connectivity index (χ0n) is 20.6. The van der Waals surface area contributed by atoms with Crippen LogP contribution in [-0.4, -0.2) is 29.4 Å². The van der Waals surface area contributed by atoms with Crippen LogP contribution in [0.5, 0.6) is 0 Å². The van der Waals surface area contributed by atoms with Crippen LogP contribution in [0.15, 0.2) is 108 Å². The molecule has 6 heteroatoms. The Morgan fingerprint density at radius 1 is 0.795 bits per heavy atom. The number of carbonyl (C=O) groups excluding carboxylic acids is 3. The van der Waals surface area contributed by atoms with Crippen molar-refractivity contribution in [3.63, 3.8) is 0 Å². The molecule has 0 amide bonds. The molecule has 0 saturated carbocycles. The lowest BCUT2D eigenvalue weighted by atomic mass is 9.64. The first-order valence-corrected chi connectivity index (χ1v) is 13.9. The number of anilines is 1. The number of carbonyl (C=O) groups is 3. The Morgan fingerprint density at radius 3 is 2.08 bits per heavy atom. The second-order valence-corrected chi connectivity index (χ2v) is 11.5. The molecule has 4 aromatic carbocycles. The SMILES string of the molecule is O=C(c1ccc(Cl)cc1)[C@H]1[C@H](c2ccc(Br)cc2)C2(C(=O)c3ccccc3C2=O)C2C=Cc3ccccc3N21. The van der Waals surface area contributed by atoms with Gasteiger partial charge >= 0.3 is 0 Å². The lowest BCUT2D eigenvalue weighted by Gasteiger charge is -2.37. The number of halogens is 2. The third-order valence-corrected chi connectivity index (χ3v) is 9.12. The van der Waals surface area contributed by atoms with E-state index in [-0.39, 0.29) is 17.3 Å². The maximum Gasteiger partial charge on any atom is 0.185 e. The number of ketones is 3. The van der Waals surface area contributed by atoms with E-state index < -0.39 is 23.4 Å². The first kappa shape index (κ1) is 24.3. The smallest absolute Gasteiger partial charge is 0.185 e. The molecule has 0 radical (unpaired) electrons. The van der Waals surface area contributed by atoms with Gasteiger partial charge < -0.3 is 4.90 Å². The number of para-hydroxylation sites is 1. The summed E-state index contributed by atoms with van der Waals surface area (Å²) in [7, 11) is 0. The van der Waals surface area contributed by atoms with Crippen LogP contribution in [0.2, 0.25) is 5.02 Å². The second kappa shape index (κ2) is 8.87. The van der Waals surface area contributed by atoms with Crippen LogP contribution >= 0.6 is 27.5 Å². The predicted octanol–water partition coefficient (Wildman–Crippen LogP) is 7.42. The van der Waals surface area contributed by atoms with Gasteiger partial charge in [0.15, 0.2) is 17.3 Å². The van der Waals surface area contributed by atoms with Gasteiger partial charge in [-0.3, -0.25) is 14.4 Å². The molecule has 1 spiro atoms. The van der Waals surface area contributed by atoms with E-state index in [2.05, 4.69) is 15.9 Å². The summed E-state index contributed by atoms with van der Waals surface area (Å²) in [6.07, 6.45) is 3.90. The summed E-state index contributed by atoms with van der Waals surface area (Å²) in [6.45, 7) is 0. The summed E-state index contributed by atoms with van der Waals surface area (Å²) in [4.78, 5) is 45.7. The molecule has 7 rings (SSSR count). The monoisotopic (exact) mass is 593 g/mol. The van der Waals surface area contributed by atoms with Gasteiger partial charge in [0.25, 0.3) is 0 Å². The molecule has 1 saturated heterocycles. The van der Waals surface area contributed by atoms with Crippen LogP contribution in [0.3, 0.4) is 0 Å². The van der Waals surface area contributed by atoms with E-state index in [1.165, 1.54) is 0 Å². The largest absolute Gasteiger partial charge is 0.352 e. The molecule has 1 unspecified atom stereocenters. The third kappa shape index (κ3) is 3.33. The summed E-state index contributed by atoms with van der Waals surface area (Å²) in [5, 5.41) is 0.527. The normalized spacial score (nSPS) is 22.1. The van der Waals surface area contributed by atoms with Gasteiger partial charge in [-0.1, -0.05) is 94.3 Å². The van der Waals surface area contributed by atoms with Crippen LogP contribution in [0, 0.1) is 5.41 Å². The molecule has 2 aliphatic heterocycles. The zero-order valence-corrected chi connectivity index (χ0v) is 22.9. The number of hydrogen-bond acceptors (Lipinski definition) is 4. The molecule has 2 heterocycles. The molecule has 0 bridgehead atoms. The van der Waals surface area contributed by atoms with Crippen molar-refractivity contribution in [2.24, 2.45) is 5.41 Å². The number of nitrogens with zero attached hydrogens (tertiary/aromatic N) is 1. The van der Waals surface area contributed by atoms with E-state index >= 15 is 0 Å². The van der Waals surface area contributed by atoms with E-state index in [9.17, 15) is 14.4 Å². The Hall–Kier alpha value is -3.80. The Morgan fingerprint density at radius 2 is 1.41 bits per heavy atom. The Labute approximate surface area is 239 Å². The summed E-state index contributed by atoms with van der Waals surface area (Å²) >= 11 is 9.67. The fourth-order valence-electron chi connectivity index (χ4n) is 6.75. The molecule has 4 nitrogen and oxygen atoms in total. The summed E-state index contributed by atoms with van der Waals surface area (Å²) in [6, 6.07) is 27.8. The minimum atomic E-state index is -1.51. The van der Waals surface area contributed by atoms with Crippen LogP contribution in [0.25, 0.3) is 6.08 Å². The highest BCUT2D eigenvalue weighted by molar-refractivity contribution is 9.10. The van der Waals surface area contributed by atoms with Gasteiger partial charge in [-0.05, 0) is 53.6 Å². The number of benzene rings is 4. The van der Waals surface area contributed by atoms with E-state index in [1.807, 2.05) is 65.6 Å². The predicted molar refractivity (Wildman–Crippen MR) is 156 cm³/mol. The molecule has 0 N–H and O–H groups in total. The molecule has 39 heavy (non-hydrogen) atoms. The van der Waals surface area contributed by atoms with Crippen LogP contribution in [0.1, 0.15) is 48.1 Å².